The lowest BCUT2D eigenvalue weighted by atomic mass is 10.1. The summed E-state index contributed by atoms with van der Waals surface area (Å²) in [6.07, 6.45) is 6.56. The molecule has 0 aromatic carbocycles. The van der Waals surface area contributed by atoms with Crippen molar-refractivity contribution in [2.75, 3.05) is 18.0 Å². The molecule has 1 aliphatic rings. The van der Waals surface area contributed by atoms with Gasteiger partial charge in [0, 0.05) is 43.3 Å². The zero-order valence-electron chi connectivity index (χ0n) is 15.0. The lowest BCUT2D eigenvalue weighted by Gasteiger charge is -2.17. The van der Waals surface area contributed by atoms with Crippen molar-refractivity contribution in [3.63, 3.8) is 0 Å². The number of nitrogens with zero attached hydrogens (tertiary/aromatic N) is 6. The Bertz CT molecular complexity index is 1110. The molecule has 0 radical (unpaired) electrons. The number of aromatic nitrogens is 6. The molecule has 4 aromatic heterocycles. The molecule has 8 nitrogen and oxygen atoms in total. The van der Waals surface area contributed by atoms with Crippen molar-refractivity contribution in [3.05, 3.63) is 42.9 Å². The Morgan fingerprint density at radius 3 is 2.93 bits per heavy atom. The average Bonchev–Trinajstić information content (AvgIpc) is 3.41. The number of aryl methyl sites for hydroxylation is 1. The van der Waals surface area contributed by atoms with Crippen LogP contribution >= 0.6 is 0 Å². The molecular formula is C19H20N8. The number of aromatic amines is 1. The SMILES string of the molecule is Cn1cc(-c2cc3c(-c4cccc(N5CC[C@@H](N)C5)n4)n[nH]c3cn2)cn1. The molecule has 0 saturated carbocycles. The van der Waals surface area contributed by atoms with Gasteiger partial charge in [-0.15, -0.1) is 0 Å². The van der Waals surface area contributed by atoms with E-state index in [4.69, 9.17) is 10.7 Å². The van der Waals surface area contributed by atoms with Gasteiger partial charge in [-0.1, -0.05) is 6.07 Å². The first-order valence-electron chi connectivity index (χ1n) is 8.98. The molecule has 5 rings (SSSR count). The fraction of sp³-hybridized carbons (Fsp3) is 0.263. The van der Waals surface area contributed by atoms with E-state index in [1.807, 2.05) is 43.7 Å². The molecule has 136 valence electrons. The Hall–Kier alpha value is -3.26. The minimum atomic E-state index is 0.217. The van der Waals surface area contributed by atoms with Crippen molar-refractivity contribution in [2.45, 2.75) is 12.5 Å². The van der Waals surface area contributed by atoms with E-state index in [1.54, 1.807) is 10.9 Å². The zero-order chi connectivity index (χ0) is 18.4. The third-order valence-electron chi connectivity index (χ3n) is 4.97. The number of nitrogens with one attached hydrogen (secondary N) is 1. The van der Waals surface area contributed by atoms with E-state index in [0.29, 0.717) is 0 Å². The van der Waals surface area contributed by atoms with Crippen LogP contribution in [-0.4, -0.2) is 49.1 Å². The van der Waals surface area contributed by atoms with Gasteiger partial charge in [-0.05, 0) is 24.6 Å². The van der Waals surface area contributed by atoms with Gasteiger partial charge in [-0.3, -0.25) is 14.8 Å². The summed E-state index contributed by atoms with van der Waals surface area (Å²) in [6.45, 7) is 1.78. The molecule has 1 atom stereocenters. The van der Waals surface area contributed by atoms with E-state index in [1.165, 1.54) is 0 Å². The molecule has 0 spiro atoms. The van der Waals surface area contributed by atoms with Crippen molar-refractivity contribution in [3.8, 4) is 22.6 Å². The highest BCUT2D eigenvalue weighted by Gasteiger charge is 2.21. The molecule has 0 bridgehead atoms. The van der Waals surface area contributed by atoms with Crippen LogP contribution in [0.2, 0.25) is 0 Å². The summed E-state index contributed by atoms with van der Waals surface area (Å²) in [4.78, 5) is 11.6. The fourth-order valence-electron chi connectivity index (χ4n) is 3.55. The number of hydrogen-bond donors (Lipinski definition) is 2. The summed E-state index contributed by atoms with van der Waals surface area (Å²) in [5.74, 6) is 0.943. The highest BCUT2D eigenvalue weighted by Crippen LogP contribution is 2.29. The van der Waals surface area contributed by atoms with Crippen LogP contribution in [-0.2, 0) is 7.05 Å². The number of hydrogen-bond acceptors (Lipinski definition) is 6. The van der Waals surface area contributed by atoms with Gasteiger partial charge >= 0.3 is 0 Å². The Kier molecular flexibility index (Phi) is 3.64. The first-order valence-corrected chi connectivity index (χ1v) is 8.98. The van der Waals surface area contributed by atoms with E-state index in [-0.39, 0.29) is 6.04 Å². The van der Waals surface area contributed by atoms with Crippen LogP contribution in [0.4, 0.5) is 5.82 Å². The Labute approximate surface area is 156 Å². The molecule has 27 heavy (non-hydrogen) atoms. The first-order chi connectivity index (χ1) is 13.2. The molecule has 0 unspecified atom stereocenters. The van der Waals surface area contributed by atoms with Gasteiger partial charge in [0.1, 0.15) is 11.5 Å². The maximum atomic E-state index is 6.04. The molecule has 8 heteroatoms. The predicted octanol–water partition coefficient (Wildman–Crippen LogP) is 1.96. The Morgan fingerprint density at radius 2 is 2.15 bits per heavy atom. The number of nitrogens with two attached hydrogens (primary N) is 1. The Balaban J connectivity index is 1.57. The lowest BCUT2D eigenvalue weighted by molar-refractivity contribution is 0.751. The van der Waals surface area contributed by atoms with Crippen molar-refractivity contribution < 1.29 is 0 Å². The maximum absolute atomic E-state index is 6.04. The topological polar surface area (TPSA) is 102 Å². The standard InChI is InChI=1S/C19H20N8/c1-26-10-12(8-22-26)16-7-14-17(9-21-16)24-25-19(14)15-3-2-4-18(23-15)27-6-5-13(20)11-27/h2-4,7-10,13H,5-6,11,20H2,1H3,(H,24,25)/t13-/m1/s1. The summed E-state index contributed by atoms with van der Waals surface area (Å²) in [7, 11) is 1.89. The van der Waals surface area contributed by atoms with E-state index in [0.717, 1.165) is 58.9 Å². The Morgan fingerprint density at radius 1 is 1.22 bits per heavy atom. The number of rotatable bonds is 3. The summed E-state index contributed by atoms with van der Waals surface area (Å²) < 4.78 is 1.77. The van der Waals surface area contributed by atoms with Gasteiger partial charge in [0.25, 0.3) is 0 Å². The average molecular weight is 360 g/mol. The first kappa shape index (κ1) is 16.0. The zero-order valence-corrected chi connectivity index (χ0v) is 15.0. The third-order valence-corrected chi connectivity index (χ3v) is 4.97. The van der Waals surface area contributed by atoms with Crippen molar-refractivity contribution in [1.82, 2.24) is 29.9 Å². The second-order valence-corrected chi connectivity index (χ2v) is 6.97. The maximum Gasteiger partial charge on any atom is 0.129 e. The van der Waals surface area contributed by atoms with Crippen LogP contribution in [0.5, 0.6) is 0 Å². The monoisotopic (exact) mass is 360 g/mol. The van der Waals surface area contributed by atoms with E-state index < -0.39 is 0 Å². The van der Waals surface area contributed by atoms with Gasteiger partial charge in [-0.25, -0.2) is 4.98 Å². The molecule has 1 saturated heterocycles. The molecule has 0 aliphatic carbocycles. The molecule has 1 fully saturated rings. The van der Waals surface area contributed by atoms with Gasteiger partial charge in [0.05, 0.1) is 29.3 Å². The van der Waals surface area contributed by atoms with Crippen LogP contribution in [0, 0.1) is 0 Å². The fourth-order valence-corrected chi connectivity index (χ4v) is 3.55. The van der Waals surface area contributed by atoms with Crippen LogP contribution in [0.1, 0.15) is 6.42 Å². The number of pyridine rings is 2. The normalized spacial score (nSPS) is 17.1. The molecule has 0 amide bonds. The van der Waals surface area contributed by atoms with E-state index in [9.17, 15) is 0 Å². The highest BCUT2D eigenvalue weighted by atomic mass is 15.2. The number of anilines is 1. The summed E-state index contributed by atoms with van der Waals surface area (Å²) in [6, 6.07) is 8.28. The number of fused-ring (bicyclic) bond motifs is 1. The van der Waals surface area contributed by atoms with Crippen LogP contribution in [0.25, 0.3) is 33.5 Å². The van der Waals surface area contributed by atoms with Crippen molar-refractivity contribution >= 4 is 16.7 Å². The van der Waals surface area contributed by atoms with Crippen LogP contribution in [0.3, 0.4) is 0 Å². The van der Waals surface area contributed by atoms with Gasteiger partial charge in [-0.2, -0.15) is 10.2 Å². The van der Waals surface area contributed by atoms with Crippen LogP contribution in [0.15, 0.2) is 42.9 Å². The van der Waals surface area contributed by atoms with Crippen molar-refractivity contribution in [2.24, 2.45) is 12.8 Å². The summed E-state index contributed by atoms with van der Waals surface area (Å²) in [5, 5.41) is 12.8. The second-order valence-electron chi connectivity index (χ2n) is 6.97. The highest BCUT2D eigenvalue weighted by molar-refractivity contribution is 5.93. The molecule has 4 aromatic rings. The van der Waals surface area contributed by atoms with E-state index in [2.05, 4.69) is 25.2 Å². The predicted molar refractivity (Wildman–Crippen MR) is 104 cm³/mol. The molecule has 5 heterocycles. The summed E-state index contributed by atoms with van der Waals surface area (Å²) in [5.41, 5.74) is 10.4. The molecule has 3 N–H and O–H groups in total. The quantitative estimate of drug-likeness (QED) is 0.579. The van der Waals surface area contributed by atoms with Crippen molar-refractivity contribution in [1.29, 1.82) is 0 Å². The smallest absolute Gasteiger partial charge is 0.129 e. The molecular weight excluding hydrogens is 340 g/mol. The summed E-state index contributed by atoms with van der Waals surface area (Å²) >= 11 is 0. The second kappa shape index (κ2) is 6.17. The minimum Gasteiger partial charge on any atom is -0.355 e. The van der Waals surface area contributed by atoms with Gasteiger partial charge < -0.3 is 10.6 Å². The molecule has 1 aliphatic heterocycles. The van der Waals surface area contributed by atoms with E-state index >= 15 is 0 Å². The number of H-pyrrole nitrogens is 1. The van der Waals surface area contributed by atoms with Gasteiger partial charge in [0.15, 0.2) is 0 Å². The lowest BCUT2D eigenvalue weighted by Crippen LogP contribution is -2.26. The van der Waals surface area contributed by atoms with Crippen LogP contribution < -0.4 is 10.6 Å². The third kappa shape index (κ3) is 2.83. The minimum absolute atomic E-state index is 0.217. The van der Waals surface area contributed by atoms with Gasteiger partial charge in [0.2, 0.25) is 0 Å². The largest absolute Gasteiger partial charge is 0.355 e.